The maximum Gasteiger partial charge on any atom is 0.317 e. The van der Waals surface area contributed by atoms with Gasteiger partial charge in [-0.25, -0.2) is 0 Å². The maximum absolute atomic E-state index is 12.4. The molecule has 0 atom stereocenters. The lowest BCUT2D eigenvalue weighted by molar-refractivity contribution is -0.138. The first-order valence-electron chi connectivity index (χ1n) is 8.54. The number of rotatable bonds is 10. The highest BCUT2D eigenvalue weighted by atomic mass is 35.5. The van der Waals surface area contributed by atoms with Crippen molar-refractivity contribution in [1.82, 2.24) is 9.80 Å². The van der Waals surface area contributed by atoms with E-state index in [1.54, 1.807) is 34.1 Å². The molecule has 0 unspecified atom stereocenters. The molecule has 2 amide bonds. The number of carboxylic acids is 1. The highest BCUT2D eigenvalue weighted by Gasteiger charge is 2.15. The van der Waals surface area contributed by atoms with Crippen molar-refractivity contribution in [3.8, 4) is 0 Å². The highest BCUT2D eigenvalue weighted by Crippen LogP contribution is 2.13. The third-order valence-electron chi connectivity index (χ3n) is 3.71. The Bertz CT molecular complexity index is 606. The van der Waals surface area contributed by atoms with Crippen LogP contribution in [0, 0.1) is 0 Å². The summed E-state index contributed by atoms with van der Waals surface area (Å²) in [6.07, 6.45) is 0.758. The first-order chi connectivity index (χ1) is 11.9. The zero-order valence-corrected chi connectivity index (χ0v) is 16.3. The molecule has 0 radical (unpaired) electrons. The number of hydrogen-bond acceptors (Lipinski definition) is 4. The molecule has 0 spiro atoms. The smallest absolute Gasteiger partial charge is 0.317 e. The van der Waals surface area contributed by atoms with Crippen LogP contribution >= 0.6 is 12.4 Å². The third-order valence-corrected chi connectivity index (χ3v) is 3.71. The minimum atomic E-state index is -0.965. The molecule has 1 aromatic rings. The van der Waals surface area contributed by atoms with Gasteiger partial charge in [-0.3, -0.25) is 19.3 Å². The van der Waals surface area contributed by atoms with Crippen molar-refractivity contribution in [1.29, 1.82) is 0 Å². The fourth-order valence-corrected chi connectivity index (χ4v) is 2.55. The summed E-state index contributed by atoms with van der Waals surface area (Å²) in [5.41, 5.74) is 1.03. The normalized spacial score (nSPS) is 10.2. The molecule has 0 heterocycles. The van der Waals surface area contributed by atoms with Crippen LogP contribution in [0.25, 0.3) is 0 Å². The lowest BCUT2D eigenvalue weighted by atomic mass is 10.1. The van der Waals surface area contributed by atoms with E-state index < -0.39 is 5.97 Å². The Morgan fingerprint density at radius 3 is 2.27 bits per heavy atom. The van der Waals surface area contributed by atoms with Crippen LogP contribution in [0.15, 0.2) is 24.3 Å². The van der Waals surface area contributed by atoms with E-state index in [1.165, 1.54) is 0 Å². The van der Waals surface area contributed by atoms with Crippen molar-refractivity contribution in [3.05, 3.63) is 29.8 Å². The number of nitrogens with zero attached hydrogens (tertiary/aromatic N) is 2. The molecule has 0 aliphatic rings. The molecule has 2 N–H and O–H groups in total. The van der Waals surface area contributed by atoms with Crippen molar-refractivity contribution >= 4 is 35.9 Å². The summed E-state index contributed by atoms with van der Waals surface area (Å²) < 4.78 is 0. The Hall–Kier alpha value is -2.12. The minimum absolute atomic E-state index is 0. The lowest BCUT2D eigenvalue weighted by Gasteiger charge is -2.20. The van der Waals surface area contributed by atoms with E-state index in [1.807, 2.05) is 20.8 Å². The monoisotopic (exact) mass is 385 g/mol. The predicted molar refractivity (Wildman–Crippen MR) is 104 cm³/mol. The molecule has 0 aliphatic carbocycles. The van der Waals surface area contributed by atoms with Crippen LogP contribution in [-0.2, 0) is 9.59 Å². The summed E-state index contributed by atoms with van der Waals surface area (Å²) >= 11 is 0. The molecule has 1 rings (SSSR count). The van der Waals surface area contributed by atoms with E-state index in [0.717, 1.165) is 6.42 Å². The zero-order valence-electron chi connectivity index (χ0n) is 15.5. The topological polar surface area (TPSA) is 90.0 Å². The molecule has 0 aliphatic heterocycles. The van der Waals surface area contributed by atoms with Gasteiger partial charge in [-0.15, -0.1) is 12.4 Å². The van der Waals surface area contributed by atoms with Crippen molar-refractivity contribution in [2.75, 3.05) is 38.0 Å². The molecule has 0 aromatic heterocycles. The van der Waals surface area contributed by atoms with E-state index in [-0.39, 0.29) is 37.3 Å². The Morgan fingerprint density at radius 2 is 1.73 bits per heavy atom. The predicted octanol–water partition coefficient (Wildman–Crippen LogP) is 2.33. The molecular weight excluding hydrogens is 358 g/mol. The second-order valence-corrected chi connectivity index (χ2v) is 5.71. The van der Waals surface area contributed by atoms with Gasteiger partial charge in [0.15, 0.2) is 0 Å². The number of amides is 2. The van der Waals surface area contributed by atoms with Gasteiger partial charge in [0.2, 0.25) is 5.91 Å². The van der Waals surface area contributed by atoms with Crippen molar-refractivity contribution in [2.45, 2.75) is 27.2 Å². The average Bonchev–Trinajstić information content (AvgIpc) is 2.55. The maximum atomic E-state index is 12.4. The standard InChI is InChI=1S/C18H27N3O4.ClH/c1-4-10-20(13-17(23)24)12-16(22)19-15-9-7-8-14(11-15)18(25)21(5-2)6-3;/h7-9,11H,4-6,10,12-13H2,1-3H3,(H,19,22)(H,23,24);1H. The Balaban J connectivity index is 0.00000625. The summed E-state index contributed by atoms with van der Waals surface area (Å²) in [6, 6.07) is 6.77. The van der Waals surface area contributed by atoms with E-state index in [2.05, 4.69) is 5.32 Å². The minimum Gasteiger partial charge on any atom is -0.480 e. The van der Waals surface area contributed by atoms with Crippen LogP contribution in [0.1, 0.15) is 37.6 Å². The second-order valence-electron chi connectivity index (χ2n) is 5.71. The molecule has 0 saturated heterocycles. The van der Waals surface area contributed by atoms with Crippen molar-refractivity contribution in [2.24, 2.45) is 0 Å². The zero-order chi connectivity index (χ0) is 18.8. The number of hydrogen-bond donors (Lipinski definition) is 2. The number of aliphatic carboxylic acids is 1. The van der Waals surface area contributed by atoms with E-state index in [9.17, 15) is 14.4 Å². The molecule has 26 heavy (non-hydrogen) atoms. The van der Waals surface area contributed by atoms with E-state index in [0.29, 0.717) is 30.9 Å². The molecule has 7 nitrogen and oxygen atoms in total. The molecule has 8 heteroatoms. The van der Waals surface area contributed by atoms with Crippen LogP contribution in [0.5, 0.6) is 0 Å². The number of anilines is 1. The fourth-order valence-electron chi connectivity index (χ4n) is 2.55. The molecule has 0 fully saturated rings. The summed E-state index contributed by atoms with van der Waals surface area (Å²) in [5.74, 6) is -1.35. The summed E-state index contributed by atoms with van der Waals surface area (Å²) in [5, 5.41) is 11.6. The van der Waals surface area contributed by atoms with Crippen LogP contribution in [0.4, 0.5) is 5.69 Å². The molecule has 0 saturated carbocycles. The van der Waals surface area contributed by atoms with Gasteiger partial charge in [-0.05, 0) is 45.0 Å². The van der Waals surface area contributed by atoms with E-state index >= 15 is 0 Å². The van der Waals surface area contributed by atoms with Crippen LogP contribution < -0.4 is 5.32 Å². The first-order valence-corrected chi connectivity index (χ1v) is 8.54. The van der Waals surface area contributed by atoms with Crippen molar-refractivity contribution in [3.63, 3.8) is 0 Å². The number of carbonyl (C=O) groups is 3. The third kappa shape index (κ3) is 7.84. The van der Waals surface area contributed by atoms with Gasteiger partial charge in [0, 0.05) is 24.3 Å². The van der Waals surface area contributed by atoms with Gasteiger partial charge in [0.25, 0.3) is 5.91 Å². The van der Waals surface area contributed by atoms with Crippen LogP contribution in [0.3, 0.4) is 0 Å². The largest absolute Gasteiger partial charge is 0.480 e. The molecule has 1 aromatic carbocycles. The summed E-state index contributed by atoms with van der Waals surface area (Å²) in [4.78, 5) is 38.7. The van der Waals surface area contributed by atoms with Gasteiger partial charge in [-0.2, -0.15) is 0 Å². The number of carboxylic acid groups (broad SMARTS) is 1. The summed E-state index contributed by atoms with van der Waals surface area (Å²) in [7, 11) is 0. The van der Waals surface area contributed by atoms with Crippen molar-refractivity contribution < 1.29 is 19.5 Å². The number of nitrogens with one attached hydrogen (secondary N) is 1. The molecule has 146 valence electrons. The second kappa shape index (κ2) is 12.3. The average molecular weight is 386 g/mol. The number of benzene rings is 1. The first kappa shape index (κ1) is 23.9. The Morgan fingerprint density at radius 1 is 1.08 bits per heavy atom. The molecule has 0 bridgehead atoms. The quantitative estimate of drug-likeness (QED) is 0.645. The van der Waals surface area contributed by atoms with E-state index in [4.69, 9.17) is 5.11 Å². The Labute approximate surface area is 160 Å². The number of halogens is 1. The Kier molecular flexibility index (Phi) is 11.3. The molecular formula is C18H28ClN3O4. The lowest BCUT2D eigenvalue weighted by Crippen LogP contribution is -2.37. The summed E-state index contributed by atoms with van der Waals surface area (Å²) in [6.45, 7) is 7.33. The van der Waals surface area contributed by atoms with Gasteiger partial charge in [0.1, 0.15) is 0 Å². The van der Waals surface area contributed by atoms with Crippen LogP contribution in [-0.4, -0.2) is 65.4 Å². The highest BCUT2D eigenvalue weighted by molar-refractivity contribution is 5.97. The van der Waals surface area contributed by atoms with Gasteiger partial charge in [0.05, 0.1) is 13.1 Å². The van der Waals surface area contributed by atoms with Gasteiger partial charge >= 0.3 is 5.97 Å². The van der Waals surface area contributed by atoms with Crippen LogP contribution in [0.2, 0.25) is 0 Å². The van der Waals surface area contributed by atoms with Gasteiger partial charge < -0.3 is 15.3 Å². The fraction of sp³-hybridized carbons (Fsp3) is 0.500. The van der Waals surface area contributed by atoms with Gasteiger partial charge in [-0.1, -0.05) is 13.0 Å². The SMILES string of the molecule is CCCN(CC(=O)O)CC(=O)Nc1cccc(C(=O)N(CC)CC)c1.Cl. The number of carbonyl (C=O) groups excluding carboxylic acids is 2.